The van der Waals surface area contributed by atoms with E-state index in [4.69, 9.17) is 4.74 Å². The zero-order valence-corrected chi connectivity index (χ0v) is 12.4. The molecule has 0 fully saturated rings. The first-order valence-electron chi connectivity index (χ1n) is 6.57. The van der Waals surface area contributed by atoms with E-state index in [1.54, 1.807) is 11.3 Å². The first-order valence-corrected chi connectivity index (χ1v) is 7.51. The summed E-state index contributed by atoms with van der Waals surface area (Å²) in [6.07, 6.45) is 3.20. The molecule has 1 aromatic rings. The van der Waals surface area contributed by atoms with Gasteiger partial charge in [0.2, 0.25) is 0 Å². The highest BCUT2D eigenvalue weighted by atomic mass is 32.1. The van der Waals surface area contributed by atoms with Crippen LogP contribution in [-0.2, 0) is 16.0 Å². The number of rotatable bonds is 4. The molecule has 104 valence electrons. The van der Waals surface area contributed by atoms with Crippen LogP contribution in [0.2, 0.25) is 0 Å². The van der Waals surface area contributed by atoms with E-state index in [9.17, 15) is 9.90 Å². The molecule has 0 radical (unpaired) electrons. The molecule has 19 heavy (non-hydrogen) atoms. The SMILES string of the molecule is Cc1cscc1CCC1(C(C)C)CC(O)=CC(=O)O1. The molecule has 1 aromatic heterocycles. The number of aryl methyl sites for hydroxylation is 2. The lowest BCUT2D eigenvalue weighted by atomic mass is 9.80. The molecule has 1 atom stereocenters. The van der Waals surface area contributed by atoms with Gasteiger partial charge in [-0.15, -0.1) is 0 Å². The van der Waals surface area contributed by atoms with Gasteiger partial charge in [-0.2, -0.15) is 11.3 Å². The van der Waals surface area contributed by atoms with E-state index in [-0.39, 0.29) is 11.7 Å². The Morgan fingerprint density at radius 3 is 2.74 bits per heavy atom. The number of hydrogen-bond donors (Lipinski definition) is 1. The summed E-state index contributed by atoms with van der Waals surface area (Å²) in [6, 6.07) is 0. The maximum atomic E-state index is 11.6. The van der Waals surface area contributed by atoms with Crippen LogP contribution in [0.1, 0.15) is 37.8 Å². The minimum atomic E-state index is -0.579. The Morgan fingerprint density at radius 1 is 1.47 bits per heavy atom. The predicted molar refractivity (Wildman–Crippen MR) is 76.4 cm³/mol. The molecule has 1 aliphatic rings. The van der Waals surface area contributed by atoms with Gasteiger partial charge in [0.25, 0.3) is 0 Å². The molecule has 0 aromatic carbocycles. The van der Waals surface area contributed by atoms with Gasteiger partial charge in [-0.3, -0.25) is 0 Å². The van der Waals surface area contributed by atoms with Crippen LogP contribution >= 0.6 is 11.3 Å². The van der Waals surface area contributed by atoms with Crippen LogP contribution in [0, 0.1) is 12.8 Å². The van der Waals surface area contributed by atoms with Gasteiger partial charge in [0.15, 0.2) is 0 Å². The molecule has 3 nitrogen and oxygen atoms in total. The fourth-order valence-electron chi connectivity index (χ4n) is 2.50. The van der Waals surface area contributed by atoms with E-state index in [0.717, 1.165) is 12.8 Å². The van der Waals surface area contributed by atoms with Crippen molar-refractivity contribution in [3.05, 3.63) is 33.7 Å². The Morgan fingerprint density at radius 2 is 2.21 bits per heavy atom. The first-order chi connectivity index (χ1) is 8.93. The zero-order chi connectivity index (χ0) is 14.0. The van der Waals surface area contributed by atoms with Gasteiger partial charge in [-0.05, 0) is 47.6 Å². The van der Waals surface area contributed by atoms with Crippen LogP contribution in [0.4, 0.5) is 0 Å². The van der Waals surface area contributed by atoms with Crippen molar-refractivity contribution in [3.8, 4) is 0 Å². The highest BCUT2D eigenvalue weighted by Crippen LogP contribution is 2.37. The van der Waals surface area contributed by atoms with Crippen molar-refractivity contribution in [3.63, 3.8) is 0 Å². The predicted octanol–water partition coefficient (Wildman–Crippen LogP) is 3.77. The molecule has 1 N–H and O–H groups in total. The Bertz CT molecular complexity index is 501. The first kappa shape index (κ1) is 14.1. The molecule has 0 amide bonds. The lowest BCUT2D eigenvalue weighted by Gasteiger charge is -2.39. The maximum absolute atomic E-state index is 11.6. The Balaban J connectivity index is 2.15. The topological polar surface area (TPSA) is 46.5 Å². The number of esters is 1. The van der Waals surface area contributed by atoms with E-state index in [0.29, 0.717) is 6.42 Å². The summed E-state index contributed by atoms with van der Waals surface area (Å²) >= 11 is 1.69. The van der Waals surface area contributed by atoms with Crippen LogP contribution in [-0.4, -0.2) is 16.7 Å². The number of aliphatic hydroxyl groups is 1. The minimum Gasteiger partial charge on any atom is -0.512 e. The van der Waals surface area contributed by atoms with Crippen molar-refractivity contribution in [1.82, 2.24) is 0 Å². The molecule has 4 heteroatoms. The summed E-state index contributed by atoms with van der Waals surface area (Å²) in [5, 5.41) is 14.0. The Kier molecular flexibility index (Phi) is 3.99. The van der Waals surface area contributed by atoms with Gasteiger partial charge in [0.05, 0.1) is 6.08 Å². The number of carbonyl (C=O) groups excluding carboxylic acids is 1. The standard InChI is InChI=1S/C15H20O3S/c1-10(2)15(7-13(16)6-14(17)18-15)5-4-12-9-19-8-11(12)3/h6,8-10,16H,4-5,7H2,1-3H3. The van der Waals surface area contributed by atoms with Crippen molar-refractivity contribution >= 4 is 17.3 Å². The second-order valence-corrected chi connectivity index (χ2v) is 6.28. The second kappa shape index (κ2) is 5.37. The van der Waals surface area contributed by atoms with E-state index >= 15 is 0 Å². The number of ether oxygens (including phenoxy) is 1. The van der Waals surface area contributed by atoms with E-state index in [2.05, 4.69) is 17.7 Å². The van der Waals surface area contributed by atoms with Gasteiger partial charge in [0.1, 0.15) is 11.4 Å². The van der Waals surface area contributed by atoms with Gasteiger partial charge in [0, 0.05) is 6.42 Å². The highest BCUT2D eigenvalue weighted by Gasteiger charge is 2.41. The van der Waals surface area contributed by atoms with Crippen molar-refractivity contribution in [1.29, 1.82) is 0 Å². The molecule has 1 aliphatic heterocycles. The van der Waals surface area contributed by atoms with E-state index < -0.39 is 11.6 Å². The molecule has 0 saturated heterocycles. The fourth-order valence-corrected chi connectivity index (χ4v) is 3.39. The number of aliphatic hydroxyl groups excluding tert-OH is 1. The molecular formula is C15H20O3S. The summed E-state index contributed by atoms with van der Waals surface area (Å²) < 4.78 is 5.57. The molecule has 0 spiro atoms. The van der Waals surface area contributed by atoms with Crippen LogP contribution in [0.15, 0.2) is 22.6 Å². The van der Waals surface area contributed by atoms with Crippen LogP contribution in [0.5, 0.6) is 0 Å². The largest absolute Gasteiger partial charge is 0.512 e. The smallest absolute Gasteiger partial charge is 0.334 e. The third-order valence-electron chi connectivity index (χ3n) is 3.90. The zero-order valence-electron chi connectivity index (χ0n) is 11.6. The molecule has 0 bridgehead atoms. The maximum Gasteiger partial charge on any atom is 0.334 e. The summed E-state index contributed by atoms with van der Waals surface area (Å²) in [4.78, 5) is 11.6. The number of hydrogen-bond acceptors (Lipinski definition) is 4. The Hall–Kier alpha value is -1.29. The molecule has 2 rings (SSSR count). The van der Waals surface area contributed by atoms with Crippen LogP contribution in [0.3, 0.4) is 0 Å². The average molecular weight is 280 g/mol. The quantitative estimate of drug-likeness (QED) is 0.854. The average Bonchev–Trinajstić information content (AvgIpc) is 2.71. The normalized spacial score (nSPS) is 23.4. The van der Waals surface area contributed by atoms with Crippen molar-refractivity contribution < 1.29 is 14.6 Å². The monoisotopic (exact) mass is 280 g/mol. The van der Waals surface area contributed by atoms with E-state index in [1.165, 1.54) is 17.2 Å². The lowest BCUT2D eigenvalue weighted by molar-refractivity contribution is -0.163. The van der Waals surface area contributed by atoms with Crippen LogP contribution < -0.4 is 0 Å². The summed E-state index contributed by atoms with van der Waals surface area (Å²) in [5.41, 5.74) is 2.01. The number of thiophene rings is 1. The highest BCUT2D eigenvalue weighted by molar-refractivity contribution is 7.08. The number of carbonyl (C=O) groups is 1. The van der Waals surface area contributed by atoms with E-state index in [1.807, 2.05) is 13.8 Å². The molecular weight excluding hydrogens is 260 g/mol. The third-order valence-corrected chi connectivity index (χ3v) is 4.81. The molecule has 2 heterocycles. The minimum absolute atomic E-state index is 0.131. The van der Waals surface area contributed by atoms with Crippen molar-refractivity contribution in [2.75, 3.05) is 0 Å². The van der Waals surface area contributed by atoms with Gasteiger partial charge in [-0.25, -0.2) is 4.79 Å². The molecule has 0 saturated carbocycles. The molecule has 1 unspecified atom stereocenters. The molecule has 0 aliphatic carbocycles. The summed E-state index contributed by atoms with van der Waals surface area (Å²) in [7, 11) is 0. The Labute approximate surface area is 117 Å². The van der Waals surface area contributed by atoms with Gasteiger partial charge in [-0.1, -0.05) is 13.8 Å². The number of cyclic esters (lactones) is 1. The van der Waals surface area contributed by atoms with Crippen molar-refractivity contribution in [2.24, 2.45) is 5.92 Å². The second-order valence-electron chi connectivity index (χ2n) is 5.53. The van der Waals surface area contributed by atoms with Gasteiger partial charge >= 0.3 is 5.97 Å². The lowest BCUT2D eigenvalue weighted by Crippen LogP contribution is -2.43. The van der Waals surface area contributed by atoms with Crippen molar-refractivity contribution in [2.45, 2.75) is 45.6 Å². The fraction of sp³-hybridized carbons (Fsp3) is 0.533. The van der Waals surface area contributed by atoms with Crippen LogP contribution in [0.25, 0.3) is 0 Å². The third kappa shape index (κ3) is 3.00. The van der Waals surface area contributed by atoms with Gasteiger partial charge < -0.3 is 9.84 Å². The summed E-state index contributed by atoms with van der Waals surface area (Å²) in [6.45, 7) is 6.16. The summed E-state index contributed by atoms with van der Waals surface area (Å²) in [5.74, 6) is -0.127.